The Balaban J connectivity index is 2.49. The molecule has 1 unspecified atom stereocenters. The minimum Gasteiger partial charge on any atom is -0.314 e. The molecule has 0 aliphatic rings. The van der Waals surface area contributed by atoms with Gasteiger partial charge >= 0.3 is 0 Å². The molecule has 96 valence electrons. The van der Waals surface area contributed by atoms with E-state index in [1.54, 1.807) is 6.07 Å². The Hall–Kier alpha value is -0.960. The van der Waals surface area contributed by atoms with Crippen molar-refractivity contribution in [2.75, 3.05) is 6.54 Å². The van der Waals surface area contributed by atoms with E-state index in [0.717, 1.165) is 37.8 Å². The van der Waals surface area contributed by atoms with Gasteiger partial charge < -0.3 is 5.32 Å². The fourth-order valence-corrected chi connectivity index (χ4v) is 2.02. The molecule has 0 saturated heterocycles. The SMILES string of the molecule is CCCC(CCc1ccc(F)c(F)c1)NCC. The van der Waals surface area contributed by atoms with Crippen LogP contribution in [0.5, 0.6) is 0 Å². The Bertz CT molecular complexity index is 333. The first-order chi connectivity index (χ1) is 8.17. The zero-order chi connectivity index (χ0) is 12.7. The van der Waals surface area contributed by atoms with Crippen molar-refractivity contribution in [3.8, 4) is 0 Å². The van der Waals surface area contributed by atoms with Crippen LogP contribution in [0.15, 0.2) is 18.2 Å². The molecule has 1 nitrogen and oxygen atoms in total. The summed E-state index contributed by atoms with van der Waals surface area (Å²) in [7, 11) is 0. The van der Waals surface area contributed by atoms with Gasteiger partial charge in [-0.25, -0.2) is 8.78 Å². The molecule has 0 saturated carbocycles. The summed E-state index contributed by atoms with van der Waals surface area (Å²) in [5.74, 6) is -1.52. The van der Waals surface area contributed by atoms with Gasteiger partial charge in [-0.2, -0.15) is 0 Å². The lowest BCUT2D eigenvalue weighted by Crippen LogP contribution is -2.29. The summed E-state index contributed by atoms with van der Waals surface area (Å²) in [6.07, 6.45) is 4.01. The van der Waals surface area contributed by atoms with Crippen LogP contribution < -0.4 is 5.32 Å². The molecule has 3 heteroatoms. The Labute approximate surface area is 102 Å². The van der Waals surface area contributed by atoms with Gasteiger partial charge in [-0.15, -0.1) is 0 Å². The molecule has 1 N–H and O–H groups in total. The van der Waals surface area contributed by atoms with Crippen molar-refractivity contribution >= 4 is 0 Å². The number of halogens is 2. The molecule has 0 spiro atoms. The van der Waals surface area contributed by atoms with Crippen molar-refractivity contribution < 1.29 is 8.78 Å². The molecule has 0 aromatic heterocycles. The van der Waals surface area contributed by atoms with Gasteiger partial charge in [0, 0.05) is 6.04 Å². The molecule has 1 atom stereocenters. The summed E-state index contributed by atoms with van der Waals surface area (Å²) in [6, 6.07) is 4.63. The highest BCUT2D eigenvalue weighted by atomic mass is 19.2. The lowest BCUT2D eigenvalue weighted by Gasteiger charge is -2.16. The highest BCUT2D eigenvalue weighted by Crippen LogP contribution is 2.12. The fourth-order valence-electron chi connectivity index (χ4n) is 2.02. The van der Waals surface area contributed by atoms with E-state index in [1.807, 2.05) is 0 Å². The zero-order valence-corrected chi connectivity index (χ0v) is 10.6. The molecule has 1 aromatic rings. The van der Waals surface area contributed by atoms with Gasteiger partial charge in [-0.05, 0) is 43.5 Å². The van der Waals surface area contributed by atoms with Crippen LogP contribution in [0.1, 0.15) is 38.7 Å². The predicted octanol–water partition coefficient (Wildman–Crippen LogP) is 3.68. The highest BCUT2D eigenvalue weighted by molar-refractivity contribution is 5.17. The zero-order valence-electron chi connectivity index (χ0n) is 10.6. The molecule has 0 aliphatic heterocycles. The summed E-state index contributed by atoms with van der Waals surface area (Å²) in [4.78, 5) is 0. The van der Waals surface area contributed by atoms with Crippen LogP contribution in [-0.4, -0.2) is 12.6 Å². The Kier molecular flexibility index (Phi) is 6.12. The number of nitrogens with one attached hydrogen (secondary N) is 1. The van der Waals surface area contributed by atoms with Crippen molar-refractivity contribution in [2.24, 2.45) is 0 Å². The minimum absolute atomic E-state index is 0.470. The molecule has 0 amide bonds. The molecule has 0 bridgehead atoms. The summed E-state index contributed by atoms with van der Waals surface area (Å²) >= 11 is 0. The lowest BCUT2D eigenvalue weighted by atomic mass is 10.0. The van der Waals surface area contributed by atoms with E-state index in [-0.39, 0.29) is 0 Å². The third-order valence-corrected chi connectivity index (χ3v) is 2.90. The number of rotatable bonds is 7. The van der Waals surface area contributed by atoms with Crippen LogP contribution in [0.25, 0.3) is 0 Å². The Morgan fingerprint density at radius 1 is 1.12 bits per heavy atom. The largest absolute Gasteiger partial charge is 0.314 e. The van der Waals surface area contributed by atoms with Gasteiger partial charge in [0.15, 0.2) is 11.6 Å². The second-order valence-corrected chi connectivity index (χ2v) is 4.33. The average Bonchev–Trinajstić information content (AvgIpc) is 2.31. The van der Waals surface area contributed by atoms with E-state index < -0.39 is 11.6 Å². The van der Waals surface area contributed by atoms with Crippen LogP contribution in [0.3, 0.4) is 0 Å². The van der Waals surface area contributed by atoms with Crippen LogP contribution in [-0.2, 0) is 6.42 Å². The second kappa shape index (κ2) is 7.38. The lowest BCUT2D eigenvalue weighted by molar-refractivity contribution is 0.458. The van der Waals surface area contributed by atoms with Crippen LogP contribution >= 0.6 is 0 Å². The molecule has 0 aliphatic carbocycles. The smallest absolute Gasteiger partial charge is 0.159 e. The number of hydrogen-bond donors (Lipinski definition) is 1. The number of aryl methyl sites for hydroxylation is 1. The summed E-state index contributed by atoms with van der Waals surface area (Å²) < 4.78 is 25.8. The fraction of sp³-hybridized carbons (Fsp3) is 0.571. The van der Waals surface area contributed by atoms with Crippen molar-refractivity contribution in [3.05, 3.63) is 35.4 Å². The molecule has 1 aromatic carbocycles. The number of hydrogen-bond acceptors (Lipinski definition) is 1. The standard InChI is InChI=1S/C14H21F2N/c1-3-5-12(17-4-2)8-6-11-7-9-13(15)14(16)10-11/h7,9-10,12,17H,3-6,8H2,1-2H3. The predicted molar refractivity (Wildman–Crippen MR) is 67.1 cm³/mol. The van der Waals surface area contributed by atoms with Crippen molar-refractivity contribution in [1.29, 1.82) is 0 Å². The summed E-state index contributed by atoms with van der Waals surface area (Å²) in [5, 5.41) is 3.41. The molecular weight excluding hydrogens is 220 g/mol. The van der Waals surface area contributed by atoms with E-state index in [9.17, 15) is 8.78 Å². The highest BCUT2D eigenvalue weighted by Gasteiger charge is 2.07. The normalized spacial score (nSPS) is 12.7. The van der Waals surface area contributed by atoms with Crippen molar-refractivity contribution in [1.82, 2.24) is 5.32 Å². The van der Waals surface area contributed by atoms with Gasteiger partial charge in [0.1, 0.15) is 0 Å². The third kappa shape index (κ3) is 4.82. The van der Waals surface area contributed by atoms with E-state index in [0.29, 0.717) is 6.04 Å². The Morgan fingerprint density at radius 2 is 1.88 bits per heavy atom. The van der Waals surface area contributed by atoms with Gasteiger partial charge in [0.2, 0.25) is 0 Å². The first kappa shape index (κ1) is 14.1. The van der Waals surface area contributed by atoms with Gasteiger partial charge in [0.25, 0.3) is 0 Å². The van der Waals surface area contributed by atoms with E-state index in [2.05, 4.69) is 19.2 Å². The molecule has 17 heavy (non-hydrogen) atoms. The van der Waals surface area contributed by atoms with Crippen LogP contribution in [0.2, 0.25) is 0 Å². The van der Waals surface area contributed by atoms with Crippen molar-refractivity contribution in [2.45, 2.75) is 45.6 Å². The van der Waals surface area contributed by atoms with Crippen LogP contribution in [0, 0.1) is 11.6 Å². The molecule has 1 rings (SSSR count). The molecule has 0 fully saturated rings. The number of benzene rings is 1. The second-order valence-electron chi connectivity index (χ2n) is 4.33. The molecule has 0 heterocycles. The summed E-state index contributed by atoms with van der Waals surface area (Å²) in [5.41, 5.74) is 0.864. The third-order valence-electron chi connectivity index (χ3n) is 2.90. The maximum atomic E-state index is 13.0. The van der Waals surface area contributed by atoms with E-state index in [4.69, 9.17) is 0 Å². The monoisotopic (exact) mass is 241 g/mol. The Morgan fingerprint density at radius 3 is 2.47 bits per heavy atom. The van der Waals surface area contributed by atoms with E-state index in [1.165, 1.54) is 12.1 Å². The topological polar surface area (TPSA) is 12.0 Å². The van der Waals surface area contributed by atoms with Gasteiger partial charge in [-0.1, -0.05) is 26.3 Å². The minimum atomic E-state index is -0.773. The van der Waals surface area contributed by atoms with Crippen LogP contribution in [0.4, 0.5) is 8.78 Å². The maximum Gasteiger partial charge on any atom is 0.159 e. The van der Waals surface area contributed by atoms with Gasteiger partial charge in [0.05, 0.1) is 0 Å². The quantitative estimate of drug-likeness (QED) is 0.768. The maximum absolute atomic E-state index is 13.0. The van der Waals surface area contributed by atoms with Crippen molar-refractivity contribution in [3.63, 3.8) is 0 Å². The summed E-state index contributed by atoms with van der Waals surface area (Å²) in [6.45, 7) is 5.19. The first-order valence-corrected chi connectivity index (χ1v) is 6.34. The van der Waals surface area contributed by atoms with E-state index >= 15 is 0 Å². The van der Waals surface area contributed by atoms with Gasteiger partial charge in [-0.3, -0.25) is 0 Å². The first-order valence-electron chi connectivity index (χ1n) is 6.34. The molecular formula is C14H21F2N. The average molecular weight is 241 g/mol. The molecule has 0 radical (unpaired) electrons.